The smallest absolute Gasteiger partial charge is 0.323 e. The summed E-state index contributed by atoms with van der Waals surface area (Å²) in [5.74, 6) is 1.27. The molecule has 0 spiro atoms. The Hall–Kier alpha value is -2.56. The van der Waals surface area contributed by atoms with Crippen LogP contribution in [0.15, 0.2) is 66.2 Å². The summed E-state index contributed by atoms with van der Waals surface area (Å²) in [4.78, 5) is 6.64. The minimum absolute atomic E-state index is 0.0174. The van der Waals surface area contributed by atoms with E-state index in [-0.39, 0.29) is 17.0 Å². The summed E-state index contributed by atoms with van der Waals surface area (Å²) in [6.07, 6.45) is -4.41. The molecular formula is C29H33F6N3S. The zero-order valence-corrected chi connectivity index (χ0v) is 22.9. The summed E-state index contributed by atoms with van der Waals surface area (Å²) in [6, 6.07) is 9.89. The first kappa shape index (κ1) is 31.0. The van der Waals surface area contributed by atoms with E-state index in [1.165, 1.54) is 22.9 Å². The second-order valence-corrected chi connectivity index (χ2v) is 10.6. The maximum absolute atomic E-state index is 12.1. The van der Waals surface area contributed by atoms with Gasteiger partial charge in [-0.15, -0.1) is 19.2 Å². The number of benzene rings is 2. The molecule has 212 valence electrons. The molecule has 2 N–H and O–H groups in total. The molecule has 0 saturated carbocycles. The number of hydrogen-bond acceptors (Lipinski definition) is 4. The first-order valence-electron chi connectivity index (χ1n) is 12.6. The van der Waals surface area contributed by atoms with Gasteiger partial charge < -0.3 is 5.73 Å². The predicted octanol–water partition coefficient (Wildman–Crippen LogP) is 8.09. The fraction of sp³-hybridized carbons (Fsp3) is 0.414. The van der Waals surface area contributed by atoms with Crippen molar-refractivity contribution in [3.63, 3.8) is 0 Å². The Morgan fingerprint density at radius 3 is 2.23 bits per heavy atom. The van der Waals surface area contributed by atoms with Gasteiger partial charge in [0, 0.05) is 35.1 Å². The van der Waals surface area contributed by atoms with Crippen molar-refractivity contribution >= 4 is 23.5 Å². The number of rotatable bonds is 4. The molecule has 39 heavy (non-hydrogen) atoms. The molecule has 2 heterocycles. The molecule has 4 unspecified atom stereocenters. The maximum atomic E-state index is 12.1. The Labute approximate surface area is 230 Å². The number of nitrogens with zero attached hydrogens (tertiary/aromatic N) is 2. The number of pyridine rings is 1. The number of aromatic nitrogens is 1. The first-order chi connectivity index (χ1) is 18.1. The second-order valence-electron chi connectivity index (χ2n) is 10.1. The number of piperidine rings is 1. The molecule has 3 nitrogen and oxygen atoms in total. The number of fused-ring (bicyclic) bond motifs is 1. The van der Waals surface area contributed by atoms with E-state index in [0.29, 0.717) is 30.0 Å². The van der Waals surface area contributed by atoms with Crippen molar-refractivity contribution in [3.05, 3.63) is 83.6 Å². The minimum Gasteiger partial charge on any atom is -0.323 e. The van der Waals surface area contributed by atoms with E-state index >= 15 is 0 Å². The van der Waals surface area contributed by atoms with Crippen LogP contribution in [-0.4, -0.2) is 29.0 Å². The van der Waals surface area contributed by atoms with Crippen LogP contribution >= 0.6 is 12.6 Å². The van der Waals surface area contributed by atoms with Crippen LogP contribution < -0.4 is 5.73 Å². The van der Waals surface area contributed by atoms with E-state index in [1.807, 2.05) is 6.20 Å². The zero-order chi connectivity index (χ0) is 29.1. The van der Waals surface area contributed by atoms with Gasteiger partial charge in [-0.1, -0.05) is 24.6 Å². The third-order valence-electron chi connectivity index (χ3n) is 7.31. The number of halogens is 6. The number of likely N-dealkylation sites (tertiary alicyclic amines) is 1. The Balaban J connectivity index is 0.000000242. The van der Waals surface area contributed by atoms with Gasteiger partial charge in [0.05, 0.1) is 16.6 Å². The van der Waals surface area contributed by atoms with E-state index in [0.717, 1.165) is 18.6 Å². The summed E-state index contributed by atoms with van der Waals surface area (Å²) < 4.78 is 72.8. The molecule has 1 saturated heterocycles. The van der Waals surface area contributed by atoms with Gasteiger partial charge >= 0.3 is 12.4 Å². The molecule has 10 heteroatoms. The minimum atomic E-state index is -4.81. The summed E-state index contributed by atoms with van der Waals surface area (Å²) in [5, 5.41) is 1.18. The Morgan fingerprint density at radius 1 is 1.05 bits per heavy atom. The molecule has 0 bridgehead atoms. The summed E-state index contributed by atoms with van der Waals surface area (Å²) in [5.41, 5.74) is 7.46. The molecule has 1 fully saturated rings. The summed E-state index contributed by atoms with van der Waals surface area (Å²) in [7, 11) is 0. The van der Waals surface area contributed by atoms with Crippen LogP contribution in [0.25, 0.3) is 10.9 Å². The average Bonchev–Trinajstić information content (AvgIpc) is 2.86. The maximum Gasteiger partial charge on any atom is 0.416 e. The molecule has 2 aromatic carbocycles. The SMILES string of the molecule is C=CC1CN(C(C)C(N)c2ccnc3ccc(C)cc23)CCC1C.FC(F)(F)c1cc(S)cc(C(F)(F)F)c1. The van der Waals surface area contributed by atoms with Crippen LogP contribution in [0.1, 0.15) is 48.6 Å². The van der Waals surface area contributed by atoms with Crippen molar-refractivity contribution < 1.29 is 26.3 Å². The van der Waals surface area contributed by atoms with Gasteiger partial charge in [-0.05, 0) is 80.6 Å². The van der Waals surface area contributed by atoms with E-state index in [1.54, 1.807) is 0 Å². The second kappa shape index (κ2) is 12.3. The molecule has 1 aliphatic heterocycles. The molecule has 4 atom stereocenters. The van der Waals surface area contributed by atoms with Crippen molar-refractivity contribution in [2.24, 2.45) is 17.6 Å². The third-order valence-corrected chi connectivity index (χ3v) is 7.57. The van der Waals surface area contributed by atoms with Crippen molar-refractivity contribution in [1.82, 2.24) is 9.88 Å². The monoisotopic (exact) mass is 569 g/mol. The normalized spacial score (nSPS) is 20.2. The van der Waals surface area contributed by atoms with Gasteiger partial charge in [0.25, 0.3) is 0 Å². The van der Waals surface area contributed by atoms with Crippen LogP contribution in [-0.2, 0) is 12.4 Å². The number of hydrogen-bond donors (Lipinski definition) is 2. The van der Waals surface area contributed by atoms with Crippen molar-refractivity contribution in [3.8, 4) is 0 Å². The van der Waals surface area contributed by atoms with E-state index in [9.17, 15) is 26.3 Å². The number of nitrogens with two attached hydrogens (primary N) is 1. The molecule has 0 radical (unpaired) electrons. The van der Waals surface area contributed by atoms with Crippen molar-refractivity contribution in [1.29, 1.82) is 0 Å². The van der Waals surface area contributed by atoms with Gasteiger partial charge in [-0.3, -0.25) is 9.88 Å². The van der Waals surface area contributed by atoms with Crippen molar-refractivity contribution in [2.45, 2.75) is 56.5 Å². The van der Waals surface area contributed by atoms with Crippen LogP contribution in [0.4, 0.5) is 26.3 Å². The highest BCUT2D eigenvalue weighted by Crippen LogP contribution is 2.37. The Bertz CT molecular complexity index is 1260. The topological polar surface area (TPSA) is 42.1 Å². The molecule has 3 aromatic rings. The quantitative estimate of drug-likeness (QED) is 0.190. The lowest BCUT2D eigenvalue weighted by molar-refractivity contribution is -0.143. The van der Waals surface area contributed by atoms with Crippen LogP contribution in [0, 0.1) is 18.8 Å². The number of alkyl halides is 6. The van der Waals surface area contributed by atoms with Gasteiger partial charge in [-0.2, -0.15) is 26.3 Å². The predicted molar refractivity (Wildman–Crippen MR) is 146 cm³/mol. The van der Waals surface area contributed by atoms with Gasteiger partial charge in [0.15, 0.2) is 0 Å². The largest absolute Gasteiger partial charge is 0.416 e. The first-order valence-corrected chi connectivity index (χ1v) is 13.0. The highest BCUT2D eigenvalue weighted by molar-refractivity contribution is 7.80. The van der Waals surface area contributed by atoms with Crippen LogP contribution in [0.5, 0.6) is 0 Å². The van der Waals surface area contributed by atoms with E-state index in [2.05, 4.69) is 80.2 Å². The lowest BCUT2D eigenvalue weighted by atomic mass is 9.85. The van der Waals surface area contributed by atoms with E-state index in [4.69, 9.17) is 5.73 Å². The van der Waals surface area contributed by atoms with Crippen molar-refractivity contribution in [2.75, 3.05) is 13.1 Å². The molecular weight excluding hydrogens is 536 g/mol. The standard InChI is InChI=1S/C21H29N3.C8H4F6S/c1-5-17-13-24(11-9-15(17)3)16(4)21(22)18-8-10-23-20-7-6-14(2)12-19(18)20;9-7(10,11)4-1-5(8(12,13)14)3-6(15)2-4/h5-8,10,12,15-17,21H,1,9,11,13,22H2,2-4H3;1-3,15H. The number of thiol groups is 1. The average molecular weight is 570 g/mol. The highest BCUT2D eigenvalue weighted by atomic mass is 32.1. The lowest BCUT2D eigenvalue weighted by Crippen LogP contribution is -2.47. The van der Waals surface area contributed by atoms with Crippen LogP contribution in [0.2, 0.25) is 0 Å². The molecule has 0 aliphatic carbocycles. The van der Waals surface area contributed by atoms with Gasteiger partial charge in [-0.25, -0.2) is 0 Å². The molecule has 1 aliphatic rings. The Morgan fingerprint density at radius 2 is 1.67 bits per heavy atom. The van der Waals surface area contributed by atoms with Gasteiger partial charge in [0.1, 0.15) is 0 Å². The molecule has 1 aromatic heterocycles. The van der Waals surface area contributed by atoms with E-state index < -0.39 is 23.5 Å². The zero-order valence-electron chi connectivity index (χ0n) is 22.0. The van der Waals surface area contributed by atoms with Crippen LogP contribution in [0.3, 0.4) is 0 Å². The third kappa shape index (κ3) is 7.77. The molecule has 0 amide bonds. The highest BCUT2D eigenvalue weighted by Gasteiger charge is 2.36. The fourth-order valence-electron chi connectivity index (χ4n) is 4.80. The lowest BCUT2D eigenvalue weighted by Gasteiger charge is -2.41. The van der Waals surface area contributed by atoms with Gasteiger partial charge in [0.2, 0.25) is 0 Å². The molecule has 4 rings (SSSR count). The summed E-state index contributed by atoms with van der Waals surface area (Å²) in [6.45, 7) is 12.9. The Kier molecular flexibility index (Phi) is 9.78. The fourth-order valence-corrected chi connectivity index (χ4v) is 5.08. The summed E-state index contributed by atoms with van der Waals surface area (Å²) >= 11 is 3.49. The number of aryl methyl sites for hydroxylation is 1.